The number of ketones is 1. The summed E-state index contributed by atoms with van der Waals surface area (Å²) in [6.07, 6.45) is 4.95. The molecule has 1 aliphatic rings. The highest BCUT2D eigenvalue weighted by atomic mass is 16.1. The zero-order chi connectivity index (χ0) is 11.1. The lowest BCUT2D eigenvalue weighted by atomic mass is 10.2. The van der Waals surface area contributed by atoms with Crippen LogP contribution in [0.3, 0.4) is 0 Å². The molecular formula is C13H14N2O. The van der Waals surface area contributed by atoms with Crippen LogP contribution in [-0.4, -0.2) is 15.2 Å². The van der Waals surface area contributed by atoms with Crippen LogP contribution in [0, 0.1) is 0 Å². The van der Waals surface area contributed by atoms with E-state index in [2.05, 4.69) is 9.38 Å². The molecule has 0 spiro atoms. The highest BCUT2D eigenvalue weighted by Gasteiger charge is 2.29. The van der Waals surface area contributed by atoms with Crippen molar-refractivity contribution in [1.29, 1.82) is 0 Å². The SMILES string of the molecule is CC(=O)Cc1nc(C2CC2)n2ccccc12. The van der Waals surface area contributed by atoms with E-state index in [1.165, 1.54) is 12.8 Å². The summed E-state index contributed by atoms with van der Waals surface area (Å²) in [5.74, 6) is 1.91. The van der Waals surface area contributed by atoms with E-state index >= 15 is 0 Å². The van der Waals surface area contributed by atoms with Crippen LogP contribution in [0.4, 0.5) is 0 Å². The van der Waals surface area contributed by atoms with E-state index in [0.29, 0.717) is 12.3 Å². The first-order chi connectivity index (χ1) is 7.75. The first-order valence-electron chi connectivity index (χ1n) is 5.71. The van der Waals surface area contributed by atoms with Crippen LogP contribution in [-0.2, 0) is 11.2 Å². The predicted octanol–water partition coefficient (Wildman–Crippen LogP) is 2.34. The molecule has 1 fully saturated rings. The lowest BCUT2D eigenvalue weighted by Crippen LogP contribution is -1.97. The van der Waals surface area contributed by atoms with Gasteiger partial charge in [-0.05, 0) is 31.9 Å². The molecule has 3 heteroatoms. The van der Waals surface area contributed by atoms with Gasteiger partial charge in [0, 0.05) is 12.1 Å². The van der Waals surface area contributed by atoms with Crippen molar-refractivity contribution in [2.45, 2.75) is 32.1 Å². The molecule has 82 valence electrons. The number of aromatic nitrogens is 2. The Labute approximate surface area is 94.1 Å². The van der Waals surface area contributed by atoms with Gasteiger partial charge in [-0.15, -0.1) is 0 Å². The molecule has 2 heterocycles. The molecule has 3 nitrogen and oxygen atoms in total. The van der Waals surface area contributed by atoms with Gasteiger partial charge in [-0.25, -0.2) is 4.98 Å². The minimum atomic E-state index is 0.172. The molecule has 3 rings (SSSR count). The number of fused-ring (bicyclic) bond motifs is 1. The van der Waals surface area contributed by atoms with Crippen molar-refractivity contribution in [3.8, 4) is 0 Å². The largest absolute Gasteiger partial charge is 0.303 e. The summed E-state index contributed by atoms with van der Waals surface area (Å²) in [7, 11) is 0. The lowest BCUT2D eigenvalue weighted by Gasteiger charge is -1.97. The average Bonchev–Trinajstić information content (AvgIpc) is 3.03. The Morgan fingerprint density at radius 1 is 1.50 bits per heavy atom. The van der Waals surface area contributed by atoms with Gasteiger partial charge in [-0.2, -0.15) is 0 Å². The molecule has 1 saturated carbocycles. The van der Waals surface area contributed by atoms with Crippen LogP contribution in [0.25, 0.3) is 5.52 Å². The zero-order valence-electron chi connectivity index (χ0n) is 9.31. The van der Waals surface area contributed by atoms with Crippen molar-refractivity contribution in [1.82, 2.24) is 9.38 Å². The van der Waals surface area contributed by atoms with E-state index < -0.39 is 0 Å². The first kappa shape index (κ1) is 9.58. The Bertz CT molecular complexity index is 552. The minimum Gasteiger partial charge on any atom is -0.303 e. The second kappa shape index (κ2) is 3.44. The summed E-state index contributed by atoms with van der Waals surface area (Å²) in [5, 5.41) is 0. The maximum Gasteiger partial charge on any atom is 0.135 e. The number of pyridine rings is 1. The summed E-state index contributed by atoms with van der Waals surface area (Å²) in [4.78, 5) is 15.8. The standard InChI is InChI=1S/C13H14N2O/c1-9(16)8-11-12-4-2-3-7-15(12)13(14-11)10-5-6-10/h2-4,7,10H,5-6,8H2,1H3. The molecule has 16 heavy (non-hydrogen) atoms. The Kier molecular flexibility index (Phi) is 2.06. The second-order valence-corrected chi connectivity index (χ2v) is 4.53. The fourth-order valence-electron chi connectivity index (χ4n) is 2.12. The van der Waals surface area contributed by atoms with Crippen molar-refractivity contribution in [2.24, 2.45) is 0 Å². The second-order valence-electron chi connectivity index (χ2n) is 4.53. The van der Waals surface area contributed by atoms with E-state index in [4.69, 9.17) is 0 Å². The van der Waals surface area contributed by atoms with Crippen molar-refractivity contribution >= 4 is 11.3 Å². The zero-order valence-corrected chi connectivity index (χ0v) is 9.31. The third-order valence-corrected chi connectivity index (χ3v) is 3.01. The fraction of sp³-hybridized carbons (Fsp3) is 0.385. The normalized spacial score (nSPS) is 15.6. The average molecular weight is 214 g/mol. The molecule has 0 amide bonds. The molecule has 2 aromatic rings. The summed E-state index contributed by atoms with van der Waals surface area (Å²) >= 11 is 0. The fourth-order valence-corrected chi connectivity index (χ4v) is 2.12. The Morgan fingerprint density at radius 3 is 3.00 bits per heavy atom. The summed E-state index contributed by atoms with van der Waals surface area (Å²) in [6.45, 7) is 1.62. The topological polar surface area (TPSA) is 34.4 Å². The number of Topliss-reactive ketones (excluding diaryl/α,β-unsaturated/α-hetero) is 1. The van der Waals surface area contributed by atoms with Crippen LogP contribution >= 0.6 is 0 Å². The maximum absolute atomic E-state index is 11.2. The third kappa shape index (κ3) is 1.52. The van der Waals surface area contributed by atoms with Crippen LogP contribution in [0.1, 0.15) is 37.2 Å². The van der Waals surface area contributed by atoms with Gasteiger partial charge in [-0.1, -0.05) is 6.07 Å². The van der Waals surface area contributed by atoms with Crippen LogP contribution in [0.5, 0.6) is 0 Å². The van der Waals surface area contributed by atoms with Gasteiger partial charge >= 0.3 is 0 Å². The number of hydrogen-bond donors (Lipinski definition) is 0. The van der Waals surface area contributed by atoms with E-state index in [0.717, 1.165) is 17.0 Å². The lowest BCUT2D eigenvalue weighted by molar-refractivity contribution is -0.116. The summed E-state index contributed by atoms with van der Waals surface area (Å²) in [5.41, 5.74) is 2.01. The number of nitrogens with zero attached hydrogens (tertiary/aromatic N) is 2. The number of carbonyl (C=O) groups excluding carboxylic acids is 1. The molecule has 0 aromatic carbocycles. The first-order valence-corrected chi connectivity index (χ1v) is 5.71. The maximum atomic E-state index is 11.2. The summed E-state index contributed by atoms with van der Waals surface area (Å²) < 4.78 is 2.13. The predicted molar refractivity (Wildman–Crippen MR) is 61.6 cm³/mol. The molecule has 0 saturated heterocycles. The van der Waals surface area contributed by atoms with Crippen LogP contribution in [0.2, 0.25) is 0 Å². The quantitative estimate of drug-likeness (QED) is 0.786. The molecule has 0 N–H and O–H groups in total. The van der Waals surface area contributed by atoms with Crippen LogP contribution < -0.4 is 0 Å². The molecule has 0 atom stereocenters. The number of carbonyl (C=O) groups is 1. The number of imidazole rings is 1. The van der Waals surface area contributed by atoms with E-state index in [-0.39, 0.29) is 5.78 Å². The van der Waals surface area contributed by atoms with Gasteiger partial charge in [0.1, 0.15) is 11.6 Å². The van der Waals surface area contributed by atoms with Gasteiger partial charge in [0.15, 0.2) is 0 Å². The number of rotatable bonds is 3. The van der Waals surface area contributed by atoms with Gasteiger partial charge < -0.3 is 4.40 Å². The van der Waals surface area contributed by atoms with Crippen LogP contribution in [0.15, 0.2) is 24.4 Å². The van der Waals surface area contributed by atoms with E-state index in [9.17, 15) is 4.79 Å². The smallest absolute Gasteiger partial charge is 0.135 e. The Hall–Kier alpha value is -1.64. The molecule has 0 bridgehead atoms. The molecule has 0 unspecified atom stereocenters. The van der Waals surface area contributed by atoms with Crippen molar-refractivity contribution in [2.75, 3.05) is 0 Å². The third-order valence-electron chi connectivity index (χ3n) is 3.01. The van der Waals surface area contributed by atoms with Gasteiger partial charge in [0.05, 0.1) is 17.6 Å². The molecule has 1 aliphatic carbocycles. The Balaban J connectivity index is 2.16. The minimum absolute atomic E-state index is 0.172. The van der Waals surface area contributed by atoms with Gasteiger partial charge in [-0.3, -0.25) is 4.79 Å². The monoisotopic (exact) mass is 214 g/mol. The van der Waals surface area contributed by atoms with E-state index in [1.807, 2.05) is 24.4 Å². The van der Waals surface area contributed by atoms with E-state index in [1.54, 1.807) is 6.92 Å². The highest BCUT2D eigenvalue weighted by Crippen LogP contribution is 2.39. The highest BCUT2D eigenvalue weighted by molar-refractivity contribution is 5.80. The number of hydrogen-bond acceptors (Lipinski definition) is 2. The molecule has 0 aliphatic heterocycles. The molecular weight excluding hydrogens is 200 g/mol. The van der Waals surface area contributed by atoms with Crippen molar-refractivity contribution in [3.63, 3.8) is 0 Å². The van der Waals surface area contributed by atoms with Gasteiger partial charge in [0.2, 0.25) is 0 Å². The molecule has 2 aromatic heterocycles. The van der Waals surface area contributed by atoms with Crippen molar-refractivity contribution in [3.05, 3.63) is 35.9 Å². The summed E-state index contributed by atoms with van der Waals surface area (Å²) in [6, 6.07) is 6.05. The molecule has 0 radical (unpaired) electrons. The van der Waals surface area contributed by atoms with Gasteiger partial charge in [0.25, 0.3) is 0 Å². The van der Waals surface area contributed by atoms with Crippen molar-refractivity contribution < 1.29 is 4.79 Å². The Morgan fingerprint density at radius 2 is 2.31 bits per heavy atom.